The van der Waals surface area contributed by atoms with E-state index in [0.717, 1.165) is 0 Å². The summed E-state index contributed by atoms with van der Waals surface area (Å²) in [4.78, 5) is 12.5. The van der Waals surface area contributed by atoms with Gasteiger partial charge in [-0.25, -0.2) is 8.42 Å². The number of hydrogen-bond acceptors (Lipinski definition) is 6. The summed E-state index contributed by atoms with van der Waals surface area (Å²) in [7, 11) is -3.53. The maximum absolute atomic E-state index is 12.6. The van der Waals surface area contributed by atoms with Gasteiger partial charge in [0.1, 0.15) is 18.1 Å². The Balaban J connectivity index is 1.44. The van der Waals surface area contributed by atoms with Crippen LogP contribution in [0.2, 0.25) is 0 Å². The highest BCUT2D eigenvalue weighted by Crippen LogP contribution is 2.20. The Morgan fingerprint density at radius 3 is 2.39 bits per heavy atom. The molecular weight excluding hydrogens is 420 g/mol. The molecule has 0 aromatic heterocycles. The van der Waals surface area contributed by atoms with Crippen LogP contribution in [0.15, 0.2) is 59.5 Å². The molecule has 1 N–H and O–H groups in total. The van der Waals surface area contributed by atoms with Crippen LogP contribution in [-0.2, 0) is 19.6 Å². The van der Waals surface area contributed by atoms with Gasteiger partial charge in [0.2, 0.25) is 10.0 Å². The maximum atomic E-state index is 12.6. The van der Waals surface area contributed by atoms with Crippen LogP contribution < -0.4 is 14.8 Å². The number of para-hydroxylation sites is 1. The fourth-order valence-electron chi connectivity index (χ4n) is 3.09. The Bertz CT molecular complexity index is 928. The van der Waals surface area contributed by atoms with Gasteiger partial charge in [0.25, 0.3) is 5.91 Å². The number of morpholine rings is 1. The Labute approximate surface area is 183 Å². The fraction of sp³-hybridized carbons (Fsp3) is 0.409. The smallest absolute Gasteiger partial charge is 0.261 e. The number of benzene rings is 2. The summed E-state index contributed by atoms with van der Waals surface area (Å²) in [6.45, 7) is 3.96. The molecule has 0 spiro atoms. The van der Waals surface area contributed by atoms with Gasteiger partial charge in [0, 0.05) is 13.1 Å². The number of ether oxygens (including phenoxy) is 3. The van der Waals surface area contributed by atoms with E-state index in [9.17, 15) is 13.2 Å². The number of rotatable bonds is 10. The van der Waals surface area contributed by atoms with Crippen LogP contribution in [0.5, 0.6) is 11.5 Å². The quantitative estimate of drug-likeness (QED) is 0.559. The van der Waals surface area contributed by atoms with Gasteiger partial charge in [0.15, 0.2) is 6.10 Å². The molecule has 1 amide bonds. The third-order valence-electron chi connectivity index (χ3n) is 4.79. The van der Waals surface area contributed by atoms with E-state index in [0.29, 0.717) is 50.8 Å². The van der Waals surface area contributed by atoms with E-state index < -0.39 is 16.1 Å². The molecule has 1 heterocycles. The Morgan fingerprint density at radius 2 is 1.74 bits per heavy atom. The summed E-state index contributed by atoms with van der Waals surface area (Å²) in [6, 6.07) is 15.5. The van der Waals surface area contributed by atoms with Crippen molar-refractivity contribution in [2.75, 3.05) is 39.5 Å². The van der Waals surface area contributed by atoms with E-state index in [2.05, 4.69) is 5.32 Å². The monoisotopic (exact) mass is 448 g/mol. The van der Waals surface area contributed by atoms with Gasteiger partial charge < -0.3 is 19.5 Å². The van der Waals surface area contributed by atoms with E-state index in [4.69, 9.17) is 14.2 Å². The summed E-state index contributed by atoms with van der Waals surface area (Å²) in [5.41, 5.74) is 0. The third-order valence-corrected chi connectivity index (χ3v) is 6.70. The molecule has 168 valence electrons. The zero-order valence-electron chi connectivity index (χ0n) is 17.5. The number of carbonyl (C=O) groups is 1. The SMILES string of the molecule is CCC(Oc1ccccc1)C(=O)NCCOc1ccc(S(=O)(=O)N2CCOCC2)cc1. The zero-order valence-corrected chi connectivity index (χ0v) is 18.3. The summed E-state index contributed by atoms with van der Waals surface area (Å²) >= 11 is 0. The Kier molecular flexibility index (Phi) is 8.27. The normalized spacial score (nSPS) is 15.8. The van der Waals surface area contributed by atoms with Crippen molar-refractivity contribution in [3.63, 3.8) is 0 Å². The second-order valence-corrected chi connectivity index (χ2v) is 8.89. The average Bonchev–Trinajstić information content (AvgIpc) is 2.81. The predicted molar refractivity (Wildman–Crippen MR) is 116 cm³/mol. The van der Waals surface area contributed by atoms with Crippen molar-refractivity contribution in [2.24, 2.45) is 0 Å². The van der Waals surface area contributed by atoms with Gasteiger partial charge in [-0.2, -0.15) is 4.31 Å². The standard InChI is InChI=1S/C22H28N2O6S/c1-2-21(30-19-6-4-3-5-7-19)22(25)23-12-15-29-18-8-10-20(11-9-18)31(26,27)24-13-16-28-17-14-24/h3-11,21H,2,12-17H2,1H3,(H,23,25). The average molecular weight is 449 g/mol. The van der Waals surface area contributed by atoms with Crippen LogP contribution in [0.25, 0.3) is 0 Å². The van der Waals surface area contributed by atoms with Crippen molar-refractivity contribution < 1.29 is 27.4 Å². The van der Waals surface area contributed by atoms with Crippen molar-refractivity contribution in [3.05, 3.63) is 54.6 Å². The summed E-state index contributed by atoms with van der Waals surface area (Å²) in [6.07, 6.45) is -0.0345. The summed E-state index contributed by atoms with van der Waals surface area (Å²) in [5, 5.41) is 2.80. The van der Waals surface area contributed by atoms with E-state index in [1.54, 1.807) is 12.1 Å². The van der Waals surface area contributed by atoms with Crippen LogP contribution >= 0.6 is 0 Å². The van der Waals surface area contributed by atoms with Crippen molar-refractivity contribution >= 4 is 15.9 Å². The molecule has 9 heteroatoms. The van der Waals surface area contributed by atoms with Crippen LogP contribution in [0.3, 0.4) is 0 Å². The molecule has 1 fully saturated rings. The molecular formula is C22H28N2O6S. The van der Waals surface area contributed by atoms with Gasteiger partial charge >= 0.3 is 0 Å². The van der Waals surface area contributed by atoms with Gasteiger partial charge in [-0.1, -0.05) is 25.1 Å². The highest BCUT2D eigenvalue weighted by atomic mass is 32.2. The number of nitrogens with one attached hydrogen (secondary N) is 1. The minimum absolute atomic E-state index is 0.207. The molecule has 0 radical (unpaired) electrons. The molecule has 1 saturated heterocycles. The molecule has 1 unspecified atom stereocenters. The first-order valence-electron chi connectivity index (χ1n) is 10.3. The van der Waals surface area contributed by atoms with Crippen molar-refractivity contribution in [2.45, 2.75) is 24.3 Å². The molecule has 0 saturated carbocycles. The molecule has 8 nitrogen and oxygen atoms in total. The second-order valence-electron chi connectivity index (χ2n) is 6.96. The van der Waals surface area contributed by atoms with Gasteiger partial charge in [-0.3, -0.25) is 4.79 Å². The summed E-state index contributed by atoms with van der Waals surface area (Å²) < 4.78 is 43.2. The van der Waals surface area contributed by atoms with Crippen LogP contribution in [0.4, 0.5) is 0 Å². The van der Waals surface area contributed by atoms with Crippen LogP contribution in [-0.4, -0.2) is 64.2 Å². The minimum atomic E-state index is -3.53. The first-order valence-corrected chi connectivity index (χ1v) is 11.7. The summed E-state index contributed by atoms with van der Waals surface area (Å²) in [5.74, 6) is 0.970. The first-order chi connectivity index (χ1) is 15.0. The highest BCUT2D eigenvalue weighted by molar-refractivity contribution is 7.89. The highest BCUT2D eigenvalue weighted by Gasteiger charge is 2.26. The van der Waals surface area contributed by atoms with Crippen molar-refractivity contribution in [1.82, 2.24) is 9.62 Å². The molecule has 2 aromatic carbocycles. The molecule has 3 rings (SSSR count). The van der Waals surface area contributed by atoms with Gasteiger partial charge in [0.05, 0.1) is 24.7 Å². The van der Waals surface area contributed by atoms with Gasteiger partial charge in [-0.15, -0.1) is 0 Å². The topological polar surface area (TPSA) is 94.2 Å². The molecule has 31 heavy (non-hydrogen) atoms. The molecule has 1 atom stereocenters. The lowest BCUT2D eigenvalue weighted by atomic mass is 10.2. The van der Waals surface area contributed by atoms with Gasteiger partial charge in [-0.05, 0) is 42.8 Å². The largest absolute Gasteiger partial charge is 0.492 e. The molecule has 1 aliphatic heterocycles. The lowest BCUT2D eigenvalue weighted by molar-refractivity contribution is -0.128. The molecule has 0 bridgehead atoms. The number of amides is 1. The van der Waals surface area contributed by atoms with Crippen LogP contribution in [0, 0.1) is 0 Å². The number of hydrogen-bond donors (Lipinski definition) is 1. The Hall–Kier alpha value is -2.62. The maximum Gasteiger partial charge on any atom is 0.261 e. The van der Waals surface area contributed by atoms with Crippen molar-refractivity contribution in [3.8, 4) is 11.5 Å². The number of nitrogens with zero attached hydrogens (tertiary/aromatic N) is 1. The lowest BCUT2D eigenvalue weighted by Crippen LogP contribution is -2.40. The molecule has 1 aliphatic rings. The number of carbonyl (C=O) groups excluding carboxylic acids is 1. The van der Waals surface area contributed by atoms with Crippen LogP contribution in [0.1, 0.15) is 13.3 Å². The zero-order chi connectivity index (χ0) is 22.1. The Morgan fingerprint density at radius 1 is 1.06 bits per heavy atom. The van der Waals surface area contributed by atoms with E-state index in [1.807, 2.05) is 37.3 Å². The first kappa shape index (κ1) is 23.1. The predicted octanol–water partition coefficient (Wildman–Crippen LogP) is 2.06. The second kappa shape index (κ2) is 11.1. The number of sulfonamides is 1. The third kappa shape index (κ3) is 6.43. The van der Waals surface area contributed by atoms with Crippen molar-refractivity contribution in [1.29, 1.82) is 0 Å². The molecule has 0 aliphatic carbocycles. The van der Waals surface area contributed by atoms with E-state index in [-0.39, 0.29) is 17.4 Å². The van der Waals surface area contributed by atoms with E-state index >= 15 is 0 Å². The van der Waals surface area contributed by atoms with E-state index in [1.165, 1.54) is 16.4 Å². The fourth-order valence-corrected chi connectivity index (χ4v) is 4.49. The minimum Gasteiger partial charge on any atom is -0.492 e. The molecule has 2 aromatic rings. The lowest BCUT2D eigenvalue weighted by Gasteiger charge is -2.26.